The van der Waals surface area contributed by atoms with Gasteiger partial charge in [-0.25, -0.2) is 0 Å². The third-order valence-corrected chi connectivity index (χ3v) is 2.90. The van der Waals surface area contributed by atoms with Gasteiger partial charge >= 0.3 is 0 Å². The van der Waals surface area contributed by atoms with Crippen LogP contribution in [0.1, 0.15) is 0 Å². The Morgan fingerprint density at radius 1 is 1.17 bits per heavy atom. The van der Waals surface area contributed by atoms with E-state index < -0.39 is 0 Å². The normalized spacial score (nSPS) is 12.6. The molecule has 18 heavy (non-hydrogen) atoms. The molecule has 0 aromatic heterocycles. The van der Waals surface area contributed by atoms with E-state index >= 15 is 0 Å². The summed E-state index contributed by atoms with van der Waals surface area (Å²) >= 11 is 0. The van der Waals surface area contributed by atoms with Crippen LogP contribution < -0.4 is 14.8 Å². The maximum Gasteiger partial charge on any atom is 0.190 e. The highest BCUT2D eigenvalue weighted by Crippen LogP contribution is 2.38. The van der Waals surface area contributed by atoms with Crippen molar-refractivity contribution in [2.24, 2.45) is 0 Å². The summed E-state index contributed by atoms with van der Waals surface area (Å²) in [7, 11) is 1.68. The molecule has 1 N–H and O–H groups in total. The van der Waals surface area contributed by atoms with E-state index in [1.54, 1.807) is 7.11 Å². The van der Waals surface area contributed by atoms with Gasteiger partial charge in [-0.1, -0.05) is 24.3 Å². The highest BCUT2D eigenvalue weighted by atomic mass is 16.5. The van der Waals surface area contributed by atoms with E-state index in [0.29, 0.717) is 5.88 Å². The number of benzene rings is 2. The molecular formula is C15H13NO2. The summed E-state index contributed by atoms with van der Waals surface area (Å²) in [4.78, 5) is 0. The molecule has 3 nitrogen and oxygen atoms in total. The topological polar surface area (TPSA) is 30.5 Å². The number of rotatable bonds is 2. The van der Waals surface area contributed by atoms with Gasteiger partial charge in [0.05, 0.1) is 12.8 Å². The van der Waals surface area contributed by atoms with Gasteiger partial charge in [0.2, 0.25) is 0 Å². The fourth-order valence-electron chi connectivity index (χ4n) is 2.08. The van der Waals surface area contributed by atoms with Crippen LogP contribution >= 0.6 is 0 Å². The Hall–Kier alpha value is -2.42. The molecule has 0 saturated carbocycles. The minimum Gasteiger partial charge on any atom is -0.496 e. The van der Waals surface area contributed by atoms with Gasteiger partial charge in [-0.05, 0) is 30.3 Å². The Bertz CT molecular complexity index is 620. The van der Waals surface area contributed by atoms with Crippen LogP contribution in [-0.2, 0) is 0 Å². The first-order valence-corrected chi connectivity index (χ1v) is 5.69. The molecule has 0 atom stereocenters. The molecule has 1 heterocycles. The summed E-state index contributed by atoms with van der Waals surface area (Å²) in [6, 6.07) is 13.9. The lowest BCUT2D eigenvalue weighted by molar-refractivity contribution is 0.416. The van der Waals surface area contributed by atoms with E-state index in [9.17, 15) is 0 Å². The summed E-state index contributed by atoms with van der Waals surface area (Å²) in [6.07, 6.45) is 0. The van der Waals surface area contributed by atoms with Crippen LogP contribution in [0.2, 0.25) is 0 Å². The molecule has 0 aliphatic carbocycles. The highest BCUT2D eigenvalue weighted by Gasteiger charge is 2.16. The van der Waals surface area contributed by atoms with Crippen molar-refractivity contribution < 1.29 is 9.47 Å². The van der Waals surface area contributed by atoms with Crippen molar-refractivity contribution in [3.63, 3.8) is 0 Å². The fourth-order valence-corrected chi connectivity index (χ4v) is 2.08. The SMILES string of the molecule is C=C1Nc2cc(-c3ccccc3OC)ccc2O1. The zero-order chi connectivity index (χ0) is 12.5. The predicted molar refractivity (Wildman–Crippen MR) is 71.8 cm³/mol. The Morgan fingerprint density at radius 2 is 2.00 bits per heavy atom. The zero-order valence-corrected chi connectivity index (χ0v) is 10.1. The number of nitrogens with one attached hydrogen (secondary N) is 1. The molecule has 0 amide bonds. The summed E-state index contributed by atoms with van der Waals surface area (Å²) in [5, 5.41) is 3.09. The van der Waals surface area contributed by atoms with Crippen LogP contribution in [0, 0.1) is 0 Å². The van der Waals surface area contributed by atoms with E-state index in [1.165, 1.54) is 0 Å². The molecule has 2 aromatic carbocycles. The summed E-state index contributed by atoms with van der Waals surface area (Å²) in [5.74, 6) is 2.22. The van der Waals surface area contributed by atoms with Crippen molar-refractivity contribution in [1.82, 2.24) is 0 Å². The minimum atomic E-state index is 0.558. The molecule has 2 aromatic rings. The highest BCUT2D eigenvalue weighted by molar-refractivity contribution is 5.77. The van der Waals surface area contributed by atoms with Gasteiger partial charge in [0.25, 0.3) is 0 Å². The van der Waals surface area contributed by atoms with Crippen LogP contribution in [0.4, 0.5) is 5.69 Å². The van der Waals surface area contributed by atoms with Gasteiger partial charge in [0.1, 0.15) is 5.75 Å². The Morgan fingerprint density at radius 3 is 2.83 bits per heavy atom. The molecule has 1 aliphatic rings. The third kappa shape index (κ3) is 1.70. The molecule has 0 fully saturated rings. The minimum absolute atomic E-state index is 0.558. The number of anilines is 1. The first-order valence-electron chi connectivity index (χ1n) is 5.69. The average Bonchev–Trinajstić information content (AvgIpc) is 2.77. The van der Waals surface area contributed by atoms with Crippen LogP contribution in [0.15, 0.2) is 54.9 Å². The summed E-state index contributed by atoms with van der Waals surface area (Å²) < 4.78 is 10.8. The molecule has 0 unspecified atom stereocenters. The Labute approximate surface area is 106 Å². The summed E-state index contributed by atoms with van der Waals surface area (Å²) in [5.41, 5.74) is 3.07. The second kappa shape index (κ2) is 4.11. The first kappa shape index (κ1) is 10.7. The maximum atomic E-state index is 5.42. The van der Waals surface area contributed by atoms with E-state index in [1.807, 2.05) is 42.5 Å². The van der Waals surface area contributed by atoms with Crippen molar-refractivity contribution in [2.75, 3.05) is 12.4 Å². The molecule has 0 bridgehead atoms. The van der Waals surface area contributed by atoms with E-state index in [0.717, 1.165) is 28.3 Å². The van der Waals surface area contributed by atoms with E-state index in [-0.39, 0.29) is 0 Å². The lowest BCUT2D eigenvalue weighted by Crippen LogP contribution is -1.92. The lowest BCUT2D eigenvalue weighted by Gasteiger charge is -2.08. The van der Waals surface area contributed by atoms with E-state index in [4.69, 9.17) is 9.47 Å². The Balaban J connectivity index is 2.08. The molecule has 90 valence electrons. The van der Waals surface area contributed by atoms with Crippen molar-refractivity contribution in [3.8, 4) is 22.6 Å². The standard InChI is InChI=1S/C15H13NO2/c1-10-16-13-9-11(7-8-15(13)18-10)12-5-3-4-6-14(12)17-2/h3-9,16H,1H2,2H3. The monoisotopic (exact) mass is 239 g/mol. The molecule has 1 aliphatic heterocycles. The van der Waals surface area contributed by atoms with Crippen LogP contribution in [0.3, 0.4) is 0 Å². The average molecular weight is 239 g/mol. The van der Waals surface area contributed by atoms with Gasteiger partial charge in [0.15, 0.2) is 11.6 Å². The predicted octanol–water partition coefficient (Wildman–Crippen LogP) is 3.64. The molecule has 3 heteroatoms. The van der Waals surface area contributed by atoms with Gasteiger partial charge in [-0.15, -0.1) is 0 Å². The summed E-state index contributed by atoms with van der Waals surface area (Å²) in [6.45, 7) is 3.75. The van der Waals surface area contributed by atoms with Gasteiger partial charge < -0.3 is 14.8 Å². The van der Waals surface area contributed by atoms with Crippen LogP contribution in [-0.4, -0.2) is 7.11 Å². The molecule has 3 rings (SSSR count). The van der Waals surface area contributed by atoms with Gasteiger partial charge in [0, 0.05) is 5.56 Å². The quantitative estimate of drug-likeness (QED) is 0.867. The van der Waals surface area contributed by atoms with Crippen LogP contribution in [0.25, 0.3) is 11.1 Å². The van der Waals surface area contributed by atoms with Crippen LogP contribution in [0.5, 0.6) is 11.5 Å². The van der Waals surface area contributed by atoms with Crippen molar-refractivity contribution >= 4 is 5.69 Å². The van der Waals surface area contributed by atoms with Gasteiger partial charge in [-0.2, -0.15) is 0 Å². The van der Waals surface area contributed by atoms with Crippen molar-refractivity contribution in [2.45, 2.75) is 0 Å². The lowest BCUT2D eigenvalue weighted by atomic mass is 10.0. The second-order valence-electron chi connectivity index (χ2n) is 4.06. The second-order valence-corrected chi connectivity index (χ2v) is 4.06. The molecule has 0 radical (unpaired) electrons. The number of hydrogen-bond donors (Lipinski definition) is 1. The molecule has 0 saturated heterocycles. The molecular weight excluding hydrogens is 226 g/mol. The number of fused-ring (bicyclic) bond motifs is 1. The first-order chi connectivity index (χ1) is 8.78. The van der Waals surface area contributed by atoms with E-state index in [2.05, 4.69) is 11.9 Å². The number of hydrogen-bond acceptors (Lipinski definition) is 3. The smallest absolute Gasteiger partial charge is 0.190 e. The Kier molecular flexibility index (Phi) is 2.45. The zero-order valence-electron chi connectivity index (χ0n) is 10.1. The third-order valence-electron chi connectivity index (χ3n) is 2.90. The molecule has 0 spiro atoms. The van der Waals surface area contributed by atoms with Gasteiger partial charge in [-0.3, -0.25) is 0 Å². The number of para-hydroxylation sites is 1. The van der Waals surface area contributed by atoms with Crippen molar-refractivity contribution in [3.05, 3.63) is 54.9 Å². The number of methoxy groups -OCH3 is 1. The van der Waals surface area contributed by atoms with Crippen molar-refractivity contribution in [1.29, 1.82) is 0 Å². The maximum absolute atomic E-state index is 5.42. The largest absolute Gasteiger partial charge is 0.496 e. The fraction of sp³-hybridized carbons (Fsp3) is 0.0667. The number of ether oxygens (including phenoxy) is 2.